The molecule has 0 spiro atoms. The number of aryl methyl sites for hydroxylation is 1. The number of nitrogens with zero attached hydrogens (tertiary/aromatic N) is 3. The molecule has 7 nitrogen and oxygen atoms in total. The van der Waals surface area contributed by atoms with Gasteiger partial charge >= 0.3 is 5.97 Å². The number of carboxylic acid groups (broad SMARTS) is 1. The minimum absolute atomic E-state index is 0.107. The Kier molecular flexibility index (Phi) is 13.5. The maximum Gasteiger partial charge on any atom is 0.356 e. The molecule has 0 fully saturated rings. The quantitative estimate of drug-likeness (QED) is 0.194. The molecule has 0 aliphatic carbocycles. The van der Waals surface area contributed by atoms with Crippen molar-refractivity contribution in [2.45, 2.75) is 77.7 Å². The molecule has 9 heteroatoms. The fourth-order valence-corrected chi connectivity index (χ4v) is 5.26. The van der Waals surface area contributed by atoms with Gasteiger partial charge in [0.1, 0.15) is 0 Å². The number of rotatable bonds is 13. The number of carbonyl (C=O) groups excluding carboxylic acids is 1. The maximum absolute atomic E-state index is 11.9. The monoisotopic (exact) mass is 598 g/mol. The third kappa shape index (κ3) is 9.80. The van der Waals surface area contributed by atoms with Crippen LogP contribution in [0.3, 0.4) is 0 Å². The molecule has 1 aliphatic heterocycles. The summed E-state index contributed by atoms with van der Waals surface area (Å²) in [6.07, 6.45) is 17.1. The number of aromatic carboxylic acids is 1. The molecule has 220 valence electrons. The highest BCUT2D eigenvalue weighted by Gasteiger charge is 2.21. The van der Waals surface area contributed by atoms with Gasteiger partial charge in [0.2, 0.25) is 5.91 Å². The minimum atomic E-state index is -1.11. The van der Waals surface area contributed by atoms with Gasteiger partial charge in [0.15, 0.2) is 5.69 Å². The van der Waals surface area contributed by atoms with Crippen molar-refractivity contribution in [3.05, 3.63) is 75.8 Å². The topological polar surface area (TPSA) is 95.4 Å². The van der Waals surface area contributed by atoms with Crippen molar-refractivity contribution in [1.82, 2.24) is 15.3 Å². The first-order chi connectivity index (χ1) is 19.8. The zero-order valence-corrected chi connectivity index (χ0v) is 25.5. The molecular weight excluding hydrogens is 559 g/mol. The van der Waals surface area contributed by atoms with E-state index in [9.17, 15) is 9.59 Å². The number of unbranched alkanes of at least 4 members (excludes halogenated alkanes) is 7. The van der Waals surface area contributed by atoms with Gasteiger partial charge in [0.05, 0.1) is 10.0 Å². The third-order valence-corrected chi connectivity index (χ3v) is 7.92. The number of benzene rings is 1. The number of anilines is 1. The van der Waals surface area contributed by atoms with E-state index in [-0.39, 0.29) is 16.6 Å². The molecule has 0 saturated heterocycles. The van der Waals surface area contributed by atoms with Crippen LogP contribution in [0.5, 0.6) is 0 Å². The van der Waals surface area contributed by atoms with Crippen LogP contribution in [0.4, 0.5) is 5.69 Å². The average molecular weight is 600 g/mol. The Bertz CT molecular complexity index is 1300. The molecule has 41 heavy (non-hydrogen) atoms. The van der Waals surface area contributed by atoms with E-state index in [0.29, 0.717) is 6.42 Å². The number of aromatic nitrogens is 2. The number of nitrogens with one attached hydrogen (secondary N) is 1. The van der Waals surface area contributed by atoms with E-state index in [1.807, 2.05) is 31.6 Å². The second kappa shape index (κ2) is 17.1. The Balaban J connectivity index is 0.000000389. The van der Waals surface area contributed by atoms with Crippen LogP contribution in [0.15, 0.2) is 48.9 Å². The highest BCUT2D eigenvalue weighted by molar-refractivity contribution is 6.34. The lowest BCUT2D eigenvalue weighted by Gasteiger charge is -2.26. The second-order valence-electron chi connectivity index (χ2n) is 10.2. The van der Waals surface area contributed by atoms with Crippen LogP contribution >= 0.6 is 23.2 Å². The standard InChI is InChI=1S/C26H36ClN3O.C6H4ClNO2/c1-3-4-5-6-7-8-9-10-15-28-17-22-18-29-19-23(26(22)27)20-11-13-24-21(16-20)12-14-25(31)30(24)2;7-4-2-1-3-8-5(4)6(9)10/h11,13,16,18-19,28H,3-10,12,14-15,17H2,1-2H3;1-3H,(H,9,10). The van der Waals surface area contributed by atoms with Gasteiger partial charge in [-0.2, -0.15) is 0 Å². The smallest absolute Gasteiger partial charge is 0.356 e. The number of hydrogen-bond donors (Lipinski definition) is 2. The van der Waals surface area contributed by atoms with Gasteiger partial charge in [-0.15, -0.1) is 0 Å². The summed E-state index contributed by atoms with van der Waals surface area (Å²) in [6, 6.07) is 9.27. The zero-order chi connectivity index (χ0) is 29.6. The highest BCUT2D eigenvalue weighted by atomic mass is 35.5. The first-order valence-electron chi connectivity index (χ1n) is 14.4. The Morgan fingerprint density at radius 3 is 2.44 bits per heavy atom. The summed E-state index contributed by atoms with van der Waals surface area (Å²) >= 11 is 12.2. The largest absolute Gasteiger partial charge is 0.476 e. The Morgan fingerprint density at radius 2 is 1.76 bits per heavy atom. The molecule has 0 saturated carbocycles. The van der Waals surface area contributed by atoms with Crippen LogP contribution in [0.1, 0.15) is 86.3 Å². The van der Waals surface area contributed by atoms with E-state index in [2.05, 4.69) is 28.3 Å². The molecule has 1 aliphatic rings. The number of fused-ring (bicyclic) bond motifs is 1. The van der Waals surface area contributed by atoms with Crippen molar-refractivity contribution in [2.24, 2.45) is 0 Å². The molecule has 4 rings (SSSR count). The number of pyridine rings is 2. The number of amides is 1. The fourth-order valence-electron chi connectivity index (χ4n) is 4.79. The third-order valence-electron chi connectivity index (χ3n) is 7.17. The highest BCUT2D eigenvalue weighted by Crippen LogP contribution is 2.35. The lowest BCUT2D eigenvalue weighted by molar-refractivity contribution is -0.118. The van der Waals surface area contributed by atoms with Crippen LogP contribution in [0.2, 0.25) is 10.0 Å². The number of carbonyl (C=O) groups is 2. The Morgan fingerprint density at radius 1 is 1.02 bits per heavy atom. The zero-order valence-electron chi connectivity index (χ0n) is 24.0. The Hall–Kier alpha value is -3.00. The average Bonchev–Trinajstić information content (AvgIpc) is 2.97. The van der Waals surface area contributed by atoms with Crippen molar-refractivity contribution in [2.75, 3.05) is 18.5 Å². The predicted molar refractivity (Wildman–Crippen MR) is 167 cm³/mol. The minimum Gasteiger partial charge on any atom is -0.476 e. The molecule has 3 aromatic rings. The van der Waals surface area contributed by atoms with E-state index in [0.717, 1.165) is 46.9 Å². The predicted octanol–water partition coefficient (Wildman–Crippen LogP) is 7.97. The number of hydrogen-bond acceptors (Lipinski definition) is 5. The molecule has 0 bridgehead atoms. The van der Waals surface area contributed by atoms with Gasteiger partial charge in [-0.25, -0.2) is 9.78 Å². The van der Waals surface area contributed by atoms with Gasteiger partial charge in [0.25, 0.3) is 0 Å². The summed E-state index contributed by atoms with van der Waals surface area (Å²) < 4.78 is 0. The summed E-state index contributed by atoms with van der Waals surface area (Å²) in [7, 11) is 1.84. The lowest BCUT2D eigenvalue weighted by atomic mass is 9.96. The summed E-state index contributed by atoms with van der Waals surface area (Å²) in [5.41, 5.74) is 5.12. The van der Waals surface area contributed by atoms with Gasteiger partial charge < -0.3 is 15.3 Å². The van der Waals surface area contributed by atoms with Crippen molar-refractivity contribution in [3.8, 4) is 11.1 Å². The van der Waals surface area contributed by atoms with Gasteiger partial charge in [-0.3, -0.25) is 9.78 Å². The molecule has 0 atom stereocenters. The molecule has 0 radical (unpaired) electrons. The molecule has 1 aromatic carbocycles. The SMILES string of the molecule is CCCCCCCCCCNCc1cncc(-c2ccc3c(c2)CCC(=O)N3C)c1Cl.O=C(O)c1ncccc1Cl. The van der Waals surface area contributed by atoms with Gasteiger partial charge in [-0.05, 0) is 54.8 Å². The van der Waals surface area contributed by atoms with Crippen LogP contribution < -0.4 is 10.2 Å². The van der Waals surface area contributed by atoms with E-state index < -0.39 is 5.97 Å². The van der Waals surface area contributed by atoms with Crippen LogP contribution in [-0.4, -0.2) is 40.5 Å². The first kappa shape index (κ1) is 32.5. The molecule has 0 unspecified atom stereocenters. The number of carboxylic acids is 1. The second-order valence-corrected chi connectivity index (χ2v) is 11.0. The summed E-state index contributed by atoms with van der Waals surface area (Å²) in [4.78, 5) is 31.9. The summed E-state index contributed by atoms with van der Waals surface area (Å²) in [6.45, 7) is 4.00. The summed E-state index contributed by atoms with van der Waals surface area (Å²) in [5.74, 6) is -0.935. The van der Waals surface area contributed by atoms with Crippen LogP contribution in [-0.2, 0) is 17.8 Å². The van der Waals surface area contributed by atoms with Crippen LogP contribution in [0, 0.1) is 0 Å². The molecule has 2 N–H and O–H groups in total. The normalized spacial score (nSPS) is 12.5. The van der Waals surface area contributed by atoms with E-state index in [1.165, 1.54) is 69.2 Å². The molecule has 1 amide bonds. The van der Waals surface area contributed by atoms with Crippen molar-refractivity contribution < 1.29 is 14.7 Å². The van der Waals surface area contributed by atoms with E-state index >= 15 is 0 Å². The van der Waals surface area contributed by atoms with Crippen LogP contribution in [0.25, 0.3) is 11.1 Å². The molecule has 3 heterocycles. The van der Waals surface area contributed by atoms with Crippen molar-refractivity contribution in [3.63, 3.8) is 0 Å². The molecule has 2 aromatic heterocycles. The van der Waals surface area contributed by atoms with Gasteiger partial charge in [0, 0.05) is 55.4 Å². The van der Waals surface area contributed by atoms with Crippen molar-refractivity contribution in [1.29, 1.82) is 0 Å². The van der Waals surface area contributed by atoms with Gasteiger partial charge in [-0.1, -0.05) is 81.1 Å². The lowest BCUT2D eigenvalue weighted by Crippen LogP contribution is -2.30. The Labute approximate surface area is 253 Å². The van der Waals surface area contributed by atoms with E-state index in [1.54, 1.807) is 11.0 Å². The fraction of sp³-hybridized carbons (Fsp3) is 0.438. The summed E-state index contributed by atoms with van der Waals surface area (Å²) in [5, 5.41) is 12.9. The van der Waals surface area contributed by atoms with Crippen molar-refractivity contribution >= 4 is 40.8 Å². The number of halogens is 2. The molecular formula is C32H40Cl2N4O3. The van der Waals surface area contributed by atoms with E-state index in [4.69, 9.17) is 28.3 Å². The maximum atomic E-state index is 11.9. The first-order valence-corrected chi connectivity index (χ1v) is 15.2.